The van der Waals surface area contributed by atoms with E-state index in [1.807, 2.05) is 6.92 Å². The highest BCUT2D eigenvalue weighted by Gasteiger charge is 2.33. The summed E-state index contributed by atoms with van der Waals surface area (Å²) in [7, 11) is 0. The van der Waals surface area contributed by atoms with Gasteiger partial charge in [0, 0.05) is 10.6 Å². The second-order valence-corrected chi connectivity index (χ2v) is 6.64. The number of aryl methyl sites for hydroxylation is 1. The summed E-state index contributed by atoms with van der Waals surface area (Å²) >= 11 is 6.30. The van der Waals surface area contributed by atoms with Crippen LogP contribution in [0.3, 0.4) is 0 Å². The highest BCUT2D eigenvalue weighted by molar-refractivity contribution is 6.31. The molecule has 128 valence electrons. The van der Waals surface area contributed by atoms with Gasteiger partial charge in [-0.05, 0) is 31.0 Å². The Labute approximate surface area is 149 Å². The predicted molar refractivity (Wildman–Crippen MR) is 96.1 cm³/mol. The highest BCUT2D eigenvalue weighted by Crippen LogP contribution is 2.41. The van der Waals surface area contributed by atoms with Crippen LogP contribution in [-0.4, -0.2) is 14.8 Å². The van der Waals surface area contributed by atoms with E-state index >= 15 is 0 Å². The summed E-state index contributed by atoms with van der Waals surface area (Å²) in [5, 5.41) is 7.94. The van der Waals surface area contributed by atoms with Gasteiger partial charge in [-0.25, -0.2) is 9.07 Å². The molecule has 1 aromatic heterocycles. The summed E-state index contributed by atoms with van der Waals surface area (Å²) in [6, 6.07) is 12.5. The third-order valence-corrected chi connectivity index (χ3v) is 4.85. The lowest BCUT2D eigenvalue weighted by molar-refractivity contribution is 0.416. The Kier molecular flexibility index (Phi) is 3.84. The van der Waals surface area contributed by atoms with Crippen molar-refractivity contribution >= 4 is 23.5 Å². The molecule has 25 heavy (non-hydrogen) atoms. The Morgan fingerprint density at radius 1 is 1.24 bits per heavy atom. The SMILES string of the molecule is Cc1ccc([C@H]2C[C@H](c3c(F)cccc3Cl)n3nc(N)nc3N2)cc1. The van der Waals surface area contributed by atoms with Gasteiger partial charge < -0.3 is 11.1 Å². The third-order valence-electron chi connectivity index (χ3n) is 4.52. The van der Waals surface area contributed by atoms with Crippen molar-refractivity contribution in [1.82, 2.24) is 14.8 Å². The molecule has 0 radical (unpaired) electrons. The number of aromatic nitrogens is 3. The normalized spacial score (nSPS) is 19.3. The van der Waals surface area contributed by atoms with Gasteiger partial charge in [0.25, 0.3) is 0 Å². The van der Waals surface area contributed by atoms with E-state index in [0.29, 0.717) is 23.0 Å². The van der Waals surface area contributed by atoms with Crippen LogP contribution >= 0.6 is 11.6 Å². The third kappa shape index (κ3) is 2.82. The molecule has 0 spiro atoms. The molecule has 5 nitrogen and oxygen atoms in total. The van der Waals surface area contributed by atoms with Gasteiger partial charge in [0.2, 0.25) is 11.9 Å². The number of nitrogens with zero attached hydrogens (tertiary/aromatic N) is 3. The van der Waals surface area contributed by atoms with Crippen LogP contribution in [0.2, 0.25) is 5.02 Å². The summed E-state index contributed by atoms with van der Waals surface area (Å²) in [6.45, 7) is 2.04. The smallest absolute Gasteiger partial charge is 0.241 e. The molecule has 0 saturated heterocycles. The van der Waals surface area contributed by atoms with Crippen LogP contribution in [-0.2, 0) is 0 Å². The van der Waals surface area contributed by atoms with Gasteiger partial charge in [0.1, 0.15) is 5.82 Å². The van der Waals surface area contributed by atoms with Crippen LogP contribution in [0, 0.1) is 12.7 Å². The fraction of sp³-hybridized carbons (Fsp3) is 0.222. The minimum Gasteiger partial charge on any atom is -0.366 e. The molecule has 0 bridgehead atoms. The average molecular weight is 358 g/mol. The Hall–Kier alpha value is -2.60. The van der Waals surface area contributed by atoms with Crippen molar-refractivity contribution in [3.8, 4) is 0 Å². The molecule has 3 aromatic rings. The van der Waals surface area contributed by atoms with Crippen LogP contribution < -0.4 is 11.1 Å². The lowest BCUT2D eigenvalue weighted by Gasteiger charge is -2.32. The first kappa shape index (κ1) is 15.9. The monoisotopic (exact) mass is 357 g/mol. The fourth-order valence-electron chi connectivity index (χ4n) is 3.28. The molecular weight excluding hydrogens is 341 g/mol. The van der Waals surface area contributed by atoms with E-state index in [1.54, 1.807) is 16.8 Å². The van der Waals surface area contributed by atoms with Crippen molar-refractivity contribution < 1.29 is 4.39 Å². The number of benzene rings is 2. The number of fused-ring (bicyclic) bond motifs is 1. The van der Waals surface area contributed by atoms with E-state index in [2.05, 4.69) is 39.7 Å². The standard InChI is InChI=1S/C18H17ClFN5/c1-10-5-7-11(8-6-10)14-9-15(16-12(19)3-2-4-13(16)20)25-18(22-14)23-17(21)24-25/h2-8,14-15H,9H2,1H3,(H3,21,22,23,24)/t14-,15-/m1/s1. The number of anilines is 2. The lowest BCUT2D eigenvalue weighted by Crippen LogP contribution is -2.28. The van der Waals surface area contributed by atoms with E-state index in [1.165, 1.54) is 11.6 Å². The minimum absolute atomic E-state index is 0.0441. The number of nitrogens with one attached hydrogen (secondary N) is 1. The summed E-state index contributed by atoms with van der Waals surface area (Å²) in [6.07, 6.45) is 0.583. The number of hydrogen-bond donors (Lipinski definition) is 2. The van der Waals surface area contributed by atoms with E-state index in [9.17, 15) is 4.39 Å². The van der Waals surface area contributed by atoms with E-state index in [-0.39, 0.29) is 23.8 Å². The summed E-state index contributed by atoms with van der Waals surface area (Å²) < 4.78 is 16.1. The molecular formula is C18H17ClFN5. The van der Waals surface area contributed by atoms with Crippen molar-refractivity contribution in [2.45, 2.75) is 25.4 Å². The zero-order valence-electron chi connectivity index (χ0n) is 13.6. The Bertz CT molecular complexity index is 901. The number of nitrogen functional groups attached to an aromatic ring is 1. The van der Waals surface area contributed by atoms with Gasteiger partial charge in [-0.15, -0.1) is 5.10 Å². The molecule has 0 saturated carbocycles. The zero-order chi connectivity index (χ0) is 17.6. The molecule has 3 N–H and O–H groups in total. The number of hydrogen-bond acceptors (Lipinski definition) is 4. The van der Waals surface area contributed by atoms with Crippen molar-refractivity contribution in [2.24, 2.45) is 0 Å². The van der Waals surface area contributed by atoms with Crippen LogP contribution in [0.4, 0.5) is 16.3 Å². The van der Waals surface area contributed by atoms with Crippen LogP contribution in [0.1, 0.15) is 35.2 Å². The summed E-state index contributed by atoms with van der Waals surface area (Å²) in [4.78, 5) is 4.23. The van der Waals surface area contributed by atoms with Gasteiger partial charge in [0.15, 0.2) is 0 Å². The van der Waals surface area contributed by atoms with Gasteiger partial charge in [-0.2, -0.15) is 4.98 Å². The second-order valence-electron chi connectivity index (χ2n) is 6.23. The maximum atomic E-state index is 14.5. The van der Waals surface area contributed by atoms with Crippen molar-refractivity contribution in [1.29, 1.82) is 0 Å². The van der Waals surface area contributed by atoms with E-state index in [4.69, 9.17) is 17.3 Å². The first-order valence-corrected chi connectivity index (χ1v) is 8.40. The molecule has 0 unspecified atom stereocenters. The predicted octanol–water partition coefficient (Wildman–Crippen LogP) is 4.11. The quantitative estimate of drug-likeness (QED) is 0.724. The minimum atomic E-state index is -0.388. The first-order valence-electron chi connectivity index (χ1n) is 8.02. The Balaban J connectivity index is 1.81. The van der Waals surface area contributed by atoms with E-state index in [0.717, 1.165) is 5.56 Å². The van der Waals surface area contributed by atoms with Crippen molar-refractivity contribution in [2.75, 3.05) is 11.1 Å². The van der Waals surface area contributed by atoms with Gasteiger partial charge >= 0.3 is 0 Å². The van der Waals surface area contributed by atoms with E-state index < -0.39 is 0 Å². The molecule has 7 heteroatoms. The maximum Gasteiger partial charge on any atom is 0.241 e. The lowest BCUT2D eigenvalue weighted by atomic mass is 9.92. The summed E-state index contributed by atoms with van der Waals surface area (Å²) in [5.74, 6) is 0.297. The number of halogens is 2. The molecule has 2 aromatic carbocycles. The van der Waals surface area contributed by atoms with Crippen LogP contribution in [0.5, 0.6) is 0 Å². The molecule has 0 fully saturated rings. The number of rotatable bonds is 2. The van der Waals surface area contributed by atoms with Crippen LogP contribution in [0.25, 0.3) is 0 Å². The largest absolute Gasteiger partial charge is 0.366 e. The topological polar surface area (TPSA) is 68.8 Å². The molecule has 2 heterocycles. The second kappa shape index (κ2) is 6.04. The molecule has 0 aliphatic carbocycles. The van der Waals surface area contributed by atoms with Gasteiger partial charge in [-0.3, -0.25) is 0 Å². The fourth-order valence-corrected chi connectivity index (χ4v) is 3.57. The molecule has 0 amide bonds. The highest BCUT2D eigenvalue weighted by atomic mass is 35.5. The Morgan fingerprint density at radius 3 is 2.72 bits per heavy atom. The molecule has 1 aliphatic rings. The van der Waals surface area contributed by atoms with Crippen LogP contribution in [0.15, 0.2) is 42.5 Å². The zero-order valence-corrected chi connectivity index (χ0v) is 14.3. The summed E-state index contributed by atoms with van der Waals surface area (Å²) in [5.41, 5.74) is 8.45. The Morgan fingerprint density at radius 2 is 2.00 bits per heavy atom. The molecule has 4 rings (SSSR count). The molecule has 2 atom stereocenters. The van der Waals surface area contributed by atoms with Crippen molar-refractivity contribution in [3.63, 3.8) is 0 Å². The number of nitrogens with two attached hydrogens (primary N) is 1. The molecule has 1 aliphatic heterocycles. The average Bonchev–Trinajstić information content (AvgIpc) is 2.95. The maximum absolute atomic E-state index is 14.5. The van der Waals surface area contributed by atoms with Crippen molar-refractivity contribution in [3.05, 3.63) is 70.0 Å². The van der Waals surface area contributed by atoms with Gasteiger partial charge in [-0.1, -0.05) is 47.5 Å². The van der Waals surface area contributed by atoms with Gasteiger partial charge in [0.05, 0.1) is 12.1 Å². The first-order chi connectivity index (χ1) is 12.0.